The highest BCUT2D eigenvalue weighted by molar-refractivity contribution is 9.09. The van der Waals surface area contributed by atoms with Gasteiger partial charge in [-0.1, -0.05) is 27.8 Å². The molecular weight excluding hydrogens is 253 g/mol. The molecule has 0 unspecified atom stereocenters. The van der Waals surface area contributed by atoms with Gasteiger partial charge < -0.3 is 0 Å². The minimum atomic E-state index is -0.848. The Morgan fingerprint density at radius 1 is 1.57 bits per heavy atom. The molecule has 5 heteroatoms. The number of benzene rings is 1. The molecule has 0 bridgehead atoms. The number of nitro groups is 1. The maximum Gasteiger partial charge on any atom is 0.306 e. The van der Waals surface area contributed by atoms with E-state index in [2.05, 4.69) is 27.8 Å². The Bertz CT molecular complexity index is 423. The molecule has 0 aliphatic rings. The van der Waals surface area contributed by atoms with Crippen LogP contribution in [-0.2, 0) is 0 Å². The van der Waals surface area contributed by atoms with Gasteiger partial charge >= 0.3 is 5.69 Å². The van der Waals surface area contributed by atoms with Crippen LogP contribution in [0, 0.1) is 27.8 Å². The predicted octanol–water partition coefficient (Wildman–Crippen LogP) is 2.48. The van der Waals surface area contributed by atoms with Crippen LogP contribution in [0.1, 0.15) is 5.56 Å². The van der Waals surface area contributed by atoms with Gasteiger partial charge in [0, 0.05) is 11.6 Å². The van der Waals surface area contributed by atoms with Crippen molar-refractivity contribution in [1.29, 1.82) is 0 Å². The maximum atomic E-state index is 12.8. The molecule has 0 atom stereocenters. The zero-order valence-electron chi connectivity index (χ0n) is 6.96. The standard InChI is InChI=1S/C9H5BrFNO2/c10-5-1-2-7-3-4-8(11)9(6-7)12(13)14/h3-4,6H,5H2. The van der Waals surface area contributed by atoms with Crippen LogP contribution in [0.4, 0.5) is 10.1 Å². The zero-order valence-corrected chi connectivity index (χ0v) is 8.54. The van der Waals surface area contributed by atoms with Gasteiger partial charge in [-0.05, 0) is 12.1 Å². The van der Waals surface area contributed by atoms with Crippen LogP contribution in [0.2, 0.25) is 0 Å². The number of nitrogens with zero attached hydrogens (tertiary/aromatic N) is 1. The number of alkyl halides is 1. The van der Waals surface area contributed by atoms with Crippen molar-refractivity contribution in [2.75, 3.05) is 5.33 Å². The van der Waals surface area contributed by atoms with Crippen molar-refractivity contribution in [2.45, 2.75) is 0 Å². The van der Waals surface area contributed by atoms with Crippen molar-refractivity contribution in [3.05, 3.63) is 39.7 Å². The summed E-state index contributed by atoms with van der Waals surface area (Å²) in [5, 5.41) is 10.8. The second-order valence-electron chi connectivity index (χ2n) is 2.36. The van der Waals surface area contributed by atoms with E-state index in [0.717, 1.165) is 12.1 Å². The summed E-state index contributed by atoms with van der Waals surface area (Å²) < 4.78 is 12.8. The van der Waals surface area contributed by atoms with E-state index in [1.54, 1.807) is 0 Å². The SMILES string of the molecule is O=[N+]([O-])c1cc(C#CCBr)ccc1F. The fraction of sp³-hybridized carbons (Fsp3) is 0.111. The highest BCUT2D eigenvalue weighted by atomic mass is 79.9. The molecule has 0 aliphatic carbocycles. The van der Waals surface area contributed by atoms with Crippen LogP contribution in [0.15, 0.2) is 18.2 Å². The Balaban J connectivity index is 3.13. The van der Waals surface area contributed by atoms with E-state index in [-0.39, 0.29) is 0 Å². The van der Waals surface area contributed by atoms with E-state index in [9.17, 15) is 14.5 Å². The molecule has 1 rings (SSSR count). The van der Waals surface area contributed by atoms with Gasteiger partial charge in [0.1, 0.15) is 0 Å². The fourth-order valence-electron chi connectivity index (χ4n) is 0.866. The average Bonchev–Trinajstić information content (AvgIpc) is 2.16. The average molecular weight is 258 g/mol. The molecule has 0 heterocycles. The van der Waals surface area contributed by atoms with Crippen molar-refractivity contribution in [2.24, 2.45) is 0 Å². The molecule has 1 aromatic carbocycles. The smallest absolute Gasteiger partial charge is 0.258 e. The molecular formula is C9H5BrFNO2. The Hall–Kier alpha value is -1.41. The normalized spacial score (nSPS) is 9.00. The second kappa shape index (κ2) is 4.72. The molecule has 72 valence electrons. The Morgan fingerprint density at radius 3 is 2.86 bits per heavy atom. The first kappa shape index (κ1) is 10.7. The van der Waals surface area contributed by atoms with Crippen LogP contribution >= 0.6 is 15.9 Å². The van der Waals surface area contributed by atoms with Gasteiger partial charge in [-0.2, -0.15) is 4.39 Å². The van der Waals surface area contributed by atoms with Gasteiger partial charge in [0.25, 0.3) is 0 Å². The number of rotatable bonds is 1. The summed E-state index contributed by atoms with van der Waals surface area (Å²) in [4.78, 5) is 9.59. The molecule has 0 saturated heterocycles. The minimum absolute atomic E-state index is 0.428. The Labute approximate surface area is 88.2 Å². The quantitative estimate of drug-likeness (QED) is 0.336. The van der Waals surface area contributed by atoms with Gasteiger partial charge in [0.2, 0.25) is 5.82 Å². The van der Waals surface area contributed by atoms with Crippen LogP contribution in [0.3, 0.4) is 0 Å². The first-order valence-corrected chi connectivity index (χ1v) is 4.76. The highest BCUT2D eigenvalue weighted by Gasteiger charge is 2.13. The first-order chi connectivity index (χ1) is 6.65. The maximum absolute atomic E-state index is 12.8. The lowest BCUT2D eigenvalue weighted by molar-refractivity contribution is -0.387. The third-order valence-corrected chi connectivity index (χ3v) is 1.72. The topological polar surface area (TPSA) is 43.1 Å². The largest absolute Gasteiger partial charge is 0.306 e. The molecule has 3 nitrogen and oxygen atoms in total. The third kappa shape index (κ3) is 2.54. The molecule has 0 aromatic heterocycles. The fourth-order valence-corrected chi connectivity index (χ4v) is 1.01. The Kier molecular flexibility index (Phi) is 3.60. The van der Waals surface area contributed by atoms with E-state index >= 15 is 0 Å². The third-order valence-electron chi connectivity index (χ3n) is 1.44. The van der Waals surface area contributed by atoms with Crippen molar-refractivity contribution in [3.63, 3.8) is 0 Å². The molecule has 0 fully saturated rings. The van der Waals surface area contributed by atoms with Gasteiger partial charge in [-0.15, -0.1) is 0 Å². The summed E-state index contributed by atoms with van der Waals surface area (Å²) in [7, 11) is 0. The van der Waals surface area contributed by atoms with E-state index < -0.39 is 16.4 Å². The minimum Gasteiger partial charge on any atom is -0.258 e. The second-order valence-corrected chi connectivity index (χ2v) is 2.92. The molecule has 0 aliphatic heterocycles. The summed E-state index contributed by atoms with van der Waals surface area (Å²) in [6.45, 7) is 0. The molecule has 0 spiro atoms. The number of halogens is 2. The lowest BCUT2D eigenvalue weighted by Gasteiger charge is -1.93. The number of hydrogen-bond acceptors (Lipinski definition) is 2. The molecule has 0 saturated carbocycles. The van der Waals surface area contributed by atoms with E-state index in [1.165, 1.54) is 6.07 Å². The van der Waals surface area contributed by atoms with E-state index in [0.29, 0.717) is 10.9 Å². The van der Waals surface area contributed by atoms with Crippen molar-refractivity contribution in [1.82, 2.24) is 0 Å². The van der Waals surface area contributed by atoms with Gasteiger partial charge in [0.05, 0.1) is 10.3 Å². The number of nitro benzene ring substituents is 1. The molecule has 0 N–H and O–H groups in total. The monoisotopic (exact) mass is 257 g/mol. The van der Waals surface area contributed by atoms with Gasteiger partial charge in [0.15, 0.2) is 0 Å². The van der Waals surface area contributed by atoms with Crippen LogP contribution in [-0.4, -0.2) is 10.3 Å². The zero-order chi connectivity index (χ0) is 10.6. The summed E-state index contributed by atoms with van der Waals surface area (Å²) in [6.07, 6.45) is 0. The molecule has 14 heavy (non-hydrogen) atoms. The summed E-state index contributed by atoms with van der Waals surface area (Å²) in [6, 6.07) is 3.55. The molecule has 0 amide bonds. The number of hydrogen-bond donors (Lipinski definition) is 0. The lowest BCUT2D eigenvalue weighted by atomic mass is 10.2. The van der Waals surface area contributed by atoms with Crippen LogP contribution < -0.4 is 0 Å². The van der Waals surface area contributed by atoms with Crippen LogP contribution in [0.25, 0.3) is 0 Å². The lowest BCUT2D eigenvalue weighted by Crippen LogP contribution is -1.92. The Morgan fingerprint density at radius 2 is 2.29 bits per heavy atom. The van der Waals surface area contributed by atoms with Crippen LogP contribution in [0.5, 0.6) is 0 Å². The summed E-state index contributed by atoms with van der Waals surface area (Å²) in [5.41, 5.74) is -0.121. The van der Waals surface area contributed by atoms with Gasteiger partial charge in [-0.25, -0.2) is 0 Å². The van der Waals surface area contributed by atoms with Crippen molar-refractivity contribution >= 4 is 21.6 Å². The molecule has 1 aromatic rings. The van der Waals surface area contributed by atoms with Crippen molar-refractivity contribution in [3.8, 4) is 11.8 Å². The highest BCUT2D eigenvalue weighted by Crippen LogP contribution is 2.17. The molecule has 0 radical (unpaired) electrons. The van der Waals surface area contributed by atoms with Gasteiger partial charge in [-0.3, -0.25) is 10.1 Å². The van der Waals surface area contributed by atoms with Crippen molar-refractivity contribution < 1.29 is 9.31 Å². The van der Waals surface area contributed by atoms with E-state index in [1.807, 2.05) is 0 Å². The summed E-state index contributed by atoms with van der Waals surface area (Å²) >= 11 is 3.09. The summed E-state index contributed by atoms with van der Waals surface area (Å²) in [5.74, 6) is 4.47. The first-order valence-electron chi connectivity index (χ1n) is 3.64. The van der Waals surface area contributed by atoms with E-state index in [4.69, 9.17) is 0 Å². The predicted molar refractivity (Wildman–Crippen MR) is 53.7 cm³/mol.